The van der Waals surface area contributed by atoms with Crippen molar-refractivity contribution in [2.75, 3.05) is 13.2 Å². The number of urea groups is 1. The molecule has 0 aliphatic carbocycles. The fraction of sp³-hybridized carbons (Fsp3) is 0.462. The number of hydrogen-bond acceptors (Lipinski definition) is 2. The Morgan fingerprint density at radius 1 is 1.41 bits per heavy atom. The first-order valence-electron chi connectivity index (χ1n) is 5.86. The van der Waals surface area contributed by atoms with Crippen molar-refractivity contribution in [3.05, 3.63) is 35.9 Å². The average Bonchev–Trinajstić information content (AvgIpc) is 2.30. The number of benzene rings is 1. The molecule has 0 heterocycles. The number of primary amides is 1. The number of carbonyl (C=O) groups excluding carboxylic acids is 1. The molecule has 94 valence electrons. The standard InChI is InChI=1S/C13H20N2O2/c1-11(10-12-6-3-2-4-7-12)15(13(14)17)8-5-9-16/h2-4,6-7,11,16H,5,8-10H2,1H3,(H2,14,17). The predicted molar refractivity (Wildman–Crippen MR) is 67.6 cm³/mol. The van der Waals surface area contributed by atoms with Crippen molar-refractivity contribution in [1.29, 1.82) is 0 Å². The van der Waals surface area contributed by atoms with Gasteiger partial charge in [-0.1, -0.05) is 30.3 Å². The molecule has 0 radical (unpaired) electrons. The van der Waals surface area contributed by atoms with Crippen LogP contribution in [0.15, 0.2) is 30.3 Å². The second-order valence-corrected chi connectivity index (χ2v) is 4.15. The van der Waals surface area contributed by atoms with E-state index in [0.717, 1.165) is 6.42 Å². The zero-order valence-electron chi connectivity index (χ0n) is 10.2. The van der Waals surface area contributed by atoms with E-state index in [-0.39, 0.29) is 12.6 Å². The van der Waals surface area contributed by atoms with Gasteiger partial charge in [0.1, 0.15) is 0 Å². The summed E-state index contributed by atoms with van der Waals surface area (Å²) in [5.41, 5.74) is 6.51. The van der Waals surface area contributed by atoms with E-state index in [1.54, 1.807) is 4.90 Å². The number of nitrogens with zero attached hydrogens (tertiary/aromatic N) is 1. The van der Waals surface area contributed by atoms with E-state index in [1.807, 2.05) is 37.3 Å². The molecule has 2 amide bonds. The number of carbonyl (C=O) groups is 1. The van der Waals surface area contributed by atoms with E-state index in [9.17, 15) is 4.79 Å². The van der Waals surface area contributed by atoms with Crippen LogP contribution in [0.1, 0.15) is 18.9 Å². The molecule has 1 rings (SSSR count). The monoisotopic (exact) mass is 236 g/mol. The van der Waals surface area contributed by atoms with Crippen molar-refractivity contribution in [3.8, 4) is 0 Å². The highest BCUT2D eigenvalue weighted by Gasteiger charge is 2.17. The lowest BCUT2D eigenvalue weighted by atomic mass is 10.1. The van der Waals surface area contributed by atoms with Gasteiger partial charge < -0.3 is 15.7 Å². The van der Waals surface area contributed by atoms with Crippen LogP contribution in [0.2, 0.25) is 0 Å². The lowest BCUT2D eigenvalue weighted by Gasteiger charge is -2.27. The lowest BCUT2D eigenvalue weighted by Crippen LogP contribution is -2.44. The highest BCUT2D eigenvalue weighted by atomic mass is 16.3. The van der Waals surface area contributed by atoms with Crippen molar-refractivity contribution in [1.82, 2.24) is 4.90 Å². The van der Waals surface area contributed by atoms with Gasteiger partial charge in [-0.15, -0.1) is 0 Å². The third-order valence-electron chi connectivity index (χ3n) is 2.75. The van der Waals surface area contributed by atoms with E-state index < -0.39 is 6.03 Å². The first-order valence-corrected chi connectivity index (χ1v) is 5.86. The summed E-state index contributed by atoms with van der Waals surface area (Å²) in [5, 5.41) is 8.79. The molecule has 3 N–H and O–H groups in total. The van der Waals surface area contributed by atoms with Crippen molar-refractivity contribution >= 4 is 6.03 Å². The van der Waals surface area contributed by atoms with Gasteiger partial charge in [0.2, 0.25) is 0 Å². The van der Waals surface area contributed by atoms with Crippen LogP contribution in [0, 0.1) is 0 Å². The van der Waals surface area contributed by atoms with Gasteiger partial charge in [-0.25, -0.2) is 4.79 Å². The Morgan fingerprint density at radius 3 is 2.59 bits per heavy atom. The third kappa shape index (κ3) is 4.44. The number of aliphatic hydroxyl groups excluding tert-OH is 1. The Labute approximate surface area is 102 Å². The maximum atomic E-state index is 11.3. The summed E-state index contributed by atoms with van der Waals surface area (Å²) in [6.07, 6.45) is 1.33. The van der Waals surface area contributed by atoms with Crippen LogP contribution in [0.5, 0.6) is 0 Å². The summed E-state index contributed by atoms with van der Waals surface area (Å²) < 4.78 is 0. The Morgan fingerprint density at radius 2 is 2.06 bits per heavy atom. The number of rotatable bonds is 6. The second kappa shape index (κ2) is 6.91. The molecule has 0 saturated heterocycles. The number of nitrogens with two attached hydrogens (primary N) is 1. The van der Waals surface area contributed by atoms with Gasteiger partial charge in [-0.3, -0.25) is 0 Å². The molecule has 0 bridgehead atoms. The molecule has 4 heteroatoms. The average molecular weight is 236 g/mol. The SMILES string of the molecule is CC(Cc1ccccc1)N(CCCO)C(N)=O. The Bertz CT molecular complexity index is 341. The summed E-state index contributed by atoms with van der Waals surface area (Å²) in [6, 6.07) is 9.59. The van der Waals surface area contributed by atoms with Crippen LogP contribution in [0.25, 0.3) is 0 Å². The molecule has 1 atom stereocenters. The van der Waals surface area contributed by atoms with Gasteiger partial charge >= 0.3 is 6.03 Å². The van der Waals surface area contributed by atoms with Crippen LogP contribution >= 0.6 is 0 Å². The topological polar surface area (TPSA) is 66.6 Å². The van der Waals surface area contributed by atoms with Gasteiger partial charge in [-0.05, 0) is 25.3 Å². The minimum absolute atomic E-state index is 0.0430. The molecule has 4 nitrogen and oxygen atoms in total. The fourth-order valence-corrected chi connectivity index (χ4v) is 1.85. The largest absolute Gasteiger partial charge is 0.396 e. The molecule has 1 unspecified atom stereocenters. The maximum Gasteiger partial charge on any atom is 0.315 e. The molecular weight excluding hydrogens is 216 g/mol. The Kier molecular flexibility index (Phi) is 5.49. The number of amides is 2. The molecule has 1 aromatic carbocycles. The van der Waals surface area contributed by atoms with Gasteiger partial charge in [-0.2, -0.15) is 0 Å². The van der Waals surface area contributed by atoms with E-state index >= 15 is 0 Å². The zero-order valence-corrected chi connectivity index (χ0v) is 10.2. The van der Waals surface area contributed by atoms with Crippen LogP contribution in [-0.4, -0.2) is 35.2 Å². The number of aliphatic hydroxyl groups is 1. The minimum atomic E-state index is -0.429. The molecule has 0 aliphatic heterocycles. The van der Waals surface area contributed by atoms with Crippen molar-refractivity contribution in [2.45, 2.75) is 25.8 Å². The molecule has 0 fully saturated rings. The molecule has 1 aromatic rings. The summed E-state index contributed by atoms with van der Waals surface area (Å²) in [4.78, 5) is 12.9. The third-order valence-corrected chi connectivity index (χ3v) is 2.75. The fourth-order valence-electron chi connectivity index (χ4n) is 1.85. The molecule has 0 aliphatic rings. The van der Waals surface area contributed by atoms with Crippen molar-refractivity contribution in [2.24, 2.45) is 5.73 Å². The summed E-state index contributed by atoms with van der Waals surface area (Å²) in [6.45, 7) is 2.54. The highest BCUT2D eigenvalue weighted by molar-refractivity contribution is 5.72. The van der Waals surface area contributed by atoms with E-state index in [2.05, 4.69) is 0 Å². The van der Waals surface area contributed by atoms with E-state index in [4.69, 9.17) is 10.8 Å². The van der Waals surface area contributed by atoms with Crippen LogP contribution in [0.4, 0.5) is 4.79 Å². The Hall–Kier alpha value is -1.55. The Balaban J connectivity index is 2.59. The van der Waals surface area contributed by atoms with Crippen LogP contribution < -0.4 is 5.73 Å². The number of hydrogen-bond donors (Lipinski definition) is 2. The van der Waals surface area contributed by atoms with E-state index in [0.29, 0.717) is 13.0 Å². The highest BCUT2D eigenvalue weighted by Crippen LogP contribution is 2.09. The molecular formula is C13H20N2O2. The summed E-state index contributed by atoms with van der Waals surface area (Å²) in [7, 11) is 0. The van der Waals surface area contributed by atoms with Crippen LogP contribution in [-0.2, 0) is 6.42 Å². The summed E-state index contributed by atoms with van der Waals surface area (Å²) >= 11 is 0. The smallest absolute Gasteiger partial charge is 0.315 e. The molecule has 17 heavy (non-hydrogen) atoms. The molecule has 0 aromatic heterocycles. The van der Waals surface area contributed by atoms with Gasteiger partial charge in [0, 0.05) is 19.2 Å². The van der Waals surface area contributed by atoms with Gasteiger partial charge in [0.25, 0.3) is 0 Å². The first kappa shape index (κ1) is 13.5. The maximum absolute atomic E-state index is 11.3. The summed E-state index contributed by atoms with van der Waals surface area (Å²) in [5.74, 6) is 0. The second-order valence-electron chi connectivity index (χ2n) is 4.15. The van der Waals surface area contributed by atoms with E-state index in [1.165, 1.54) is 5.56 Å². The van der Waals surface area contributed by atoms with Crippen molar-refractivity contribution < 1.29 is 9.90 Å². The molecule has 0 saturated carbocycles. The normalized spacial score (nSPS) is 12.1. The van der Waals surface area contributed by atoms with Crippen molar-refractivity contribution in [3.63, 3.8) is 0 Å². The molecule has 0 spiro atoms. The zero-order chi connectivity index (χ0) is 12.7. The minimum Gasteiger partial charge on any atom is -0.396 e. The van der Waals surface area contributed by atoms with Gasteiger partial charge in [0.05, 0.1) is 0 Å². The lowest BCUT2D eigenvalue weighted by molar-refractivity contribution is 0.178. The predicted octanol–water partition coefficient (Wildman–Crippen LogP) is 1.38. The van der Waals surface area contributed by atoms with Crippen LogP contribution in [0.3, 0.4) is 0 Å². The quantitative estimate of drug-likeness (QED) is 0.783. The first-order chi connectivity index (χ1) is 8.15. The van der Waals surface area contributed by atoms with Gasteiger partial charge in [0.15, 0.2) is 0 Å².